The third kappa shape index (κ3) is 4.80. The highest BCUT2D eigenvalue weighted by Crippen LogP contribution is 2.24. The first kappa shape index (κ1) is 17.9. The van der Waals surface area contributed by atoms with E-state index in [1.807, 2.05) is 24.5 Å². The highest BCUT2D eigenvalue weighted by Gasteiger charge is 2.17. The molecule has 0 spiro atoms. The molecule has 6 heteroatoms. The number of thiazole rings is 1. The molecule has 0 radical (unpaired) electrons. The van der Waals surface area contributed by atoms with Crippen molar-refractivity contribution >= 4 is 28.6 Å². The lowest BCUT2D eigenvalue weighted by molar-refractivity contribution is -0.121. The Morgan fingerprint density at radius 1 is 1.28 bits per heavy atom. The minimum absolute atomic E-state index is 0.0497. The van der Waals surface area contributed by atoms with Gasteiger partial charge in [-0.3, -0.25) is 4.79 Å². The van der Waals surface area contributed by atoms with Gasteiger partial charge in [0.1, 0.15) is 0 Å². The van der Waals surface area contributed by atoms with Crippen LogP contribution in [0.15, 0.2) is 46.7 Å². The fourth-order valence-corrected chi connectivity index (χ4v) is 4.34. The number of aromatic nitrogens is 2. The van der Waals surface area contributed by atoms with Gasteiger partial charge in [-0.2, -0.15) is 11.3 Å². The SMILES string of the molecule is CC(C)c1csc(CCNC(=O)C[C@H](c2ccsc2)n2cccc2)n1. The van der Waals surface area contributed by atoms with Gasteiger partial charge in [0.25, 0.3) is 0 Å². The van der Waals surface area contributed by atoms with E-state index in [2.05, 4.69) is 50.9 Å². The van der Waals surface area contributed by atoms with Gasteiger partial charge in [-0.25, -0.2) is 4.98 Å². The van der Waals surface area contributed by atoms with Crippen LogP contribution in [0.1, 0.15) is 48.5 Å². The molecule has 3 heterocycles. The minimum Gasteiger partial charge on any atom is -0.356 e. The number of carbonyl (C=O) groups is 1. The van der Waals surface area contributed by atoms with E-state index in [-0.39, 0.29) is 11.9 Å². The molecule has 1 atom stereocenters. The molecule has 1 amide bonds. The Hall–Kier alpha value is -1.92. The van der Waals surface area contributed by atoms with Crippen LogP contribution >= 0.6 is 22.7 Å². The largest absolute Gasteiger partial charge is 0.356 e. The Kier molecular flexibility index (Phi) is 6.04. The van der Waals surface area contributed by atoms with Crippen LogP contribution in [0, 0.1) is 0 Å². The van der Waals surface area contributed by atoms with E-state index < -0.39 is 0 Å². The molecule has 0 aliphatic heterocycles. The number of thiophene rings is 1. The van der Waals surface area contributed by atoms with Crippen molar-refractivity contribution in [3.05, 3.63) is 63.0 Å². The van der Waals surface area contributed by atoms with Crippen molar-refractivity contribution in [2.45, 2.75) is 38.6 Å². The molecule has 0 saturated carbocycles. The molecule has 3 rings (SSSR count). The monoisotopic (exact) mass is 373 g/mol. The summed E-state index contributed by atoms with van der Waals surface area (Å²) in [6.45, 7) is 4.92. The van der Waals surface area contributed by atoms with E-state index >= 15 is 0 Å². The normalized spacial score (nSPS) is 12.4. The van der Waals surface area contributed by atoms with Gasteiger partial charge in [0, 0.05) is 30.7 Å². The van der Waals surface area contributed by atoms with E-state index in [4.69, 9.17) is 0 Å². The Balaban J connectivity index is 1.53. The molecule has 4 nitrogen and oxygen atoms in total. The Morgan fingerprint density at radius 3 is 2.72 bits per heavy atom. The summed E-state index contributed by atoms with van der Waals surface area (Å²) in [6.07, 6.45) is 5.26. The average Bonchev–Trinajstić information content (AvgIpc) is 3.33. The topological polar surface area (TPSA) is 46.9 Å². The molecule has 132 valence electrons. The summed E-state index contributed by atoms with van der Waals surface area (Å²) < 4.78 is 2.09. The van der Waals surface area contributed by atoms with Gasteiger partial charge in [0.05, 0.1) is 23.2 Å². The van der Waals surface area contributed by atoms with Crippen LogP contribution in [0.5, 0.6) is 0 Å². The first-order chi connectivity index (χ1) is 12.1. The van der Waals surface area contributed by atoms with Crippen molar-refractivity contribution in [3.8, 4) is 0 Å². The van der Waals surface area contributed by atoms with E-state index in [0.717, 1.165) is 17.1 Å². The Morgan fingerprint density at radius 2 is 2.08 bits per heavy atom. The van der Waals surface area contributed by atoms with E-state index in [1.54, 1.807) is 22.7 Å². The summed E-state index contributed by atoms with van der Waals surface area (Å²) >= 11 is 3.33. The lowest BCUT2D eigenvalue weighted by atomic mass is 10.1. The average molecular weight is 374 g/mol. The number of hydrogen-bond donors (Lipinski definition) is 1. The third-order valence-electron chi connectivity index (χ3n) is 4.12. The second kappa shape index (κ2) is 8.45. The maximum atomic E-state index is 12.4. The van der Waals surface area contributed by atoms with E-state index in [9.17, 15) is 4.79 Å². The Bertz CT molecular complexity index is 741. The number of amides is 1. The van der Waals surface area contributed by atoms with Gasteiger partial charge >= 0.3 is 0 Å². The molecule has 3 aromatic heterocycles. The van der Waals surface area contributed by atoms with Crippen molar-refractivity contribution in [1.82, 2.24) is 14.9 Å². The lowest BCUT2D eigenvalue weighted by Crippen LogP contribution is -2.28. The quantitative estimate of drug-likeness (QED) is 0.633. The van der Waals surface area contributed by atoms with Gasteiger partial charge < -0.3 is 9.88 Å². The van der Waals surface area contributed by atoms with Crippen LogP contribution in [-0.2, 0) is 11.2 Å². The number of carbonyl (C=O) groups excluding carboxylic acids is 1. The van der Waals surface area contributed by atoms with Crippen molar-refractivity contribution in [1.29, 1.82) is 0 Å². The predicted octanol–water partition coefficient (Wildman–Crippen LogP) is 4.47. The summed E-state index contributed by atoms with van der Waals surface area (Å²) in [6, 6.07) is 6.12. The summed E-state index contributed by atoms with van der Waals surface area (Å²) in [7, 11) is 0. The van der Waals surface area contributed by atoms with Crippen molar-refractivity contribution in [3.63, 3.8) is 0 Å². The number of hydrogen-bond acceptors (Lipinski definition) is 4. The first-order valence-corrected chi connectivity index (χ1v) is 10.3. The summed E-state index contributed by atoms with van der Waals surface area (Å²) in [5.41, 5.74) is 2.31. The zero-order valence-electron chi connectivity index (χ0n) is 14.5. The number of rotatable bonds is 8. The van der Waals surface area contributed by atoms with Crippen LogP contribution in [0.2, 0.25) is 0 Å². The van der Waals surface area contributed by atoms with Gasteiger partial charge in [-0.05, 0) is 40.4 Å². The van der Waals surface area contributed by atoms with Crippen LogP contribution in [0.4, 0.5) is 0 Å². The standard InChI is InChI=1S/C19H23N3OS2/c1-14(2)16-13-25-19(21-16)5-7-20-18(23)11-17(15-6-10-24-12-15)22-8-3-4-9-22/h3-4,6,8-10,12-14,17H,5,7,11H2,1-2H3,(H,20,23)/t17-/m1/s1. The third-order valence-corrected chi connectivity index (χ3v) is 5.74. The molecule has 0 unspecified atom stereocenters. The van der Waals surface area contributed by atoms with Gasteiger partial charge in [-0.1, -0.05) is 13.8 Å². The lowest BCUT2D eigenvalue weighted by Gasteiger charge is -2.17. The Labute approximate surface area is 156 Å². The van der Waals surface area contributed by atoms with Gasteiger partial charge in [0.2, 0.25) is 5.91 Å². The summed E-state index contributed by atoms with van der Waals surface area (Å²) in [5, 5.41) is 10.4. The van der Waals surface area contributed by atoms with Crippen molar-refractivity contribution < 1.29 is 4.79 Å². The molecular formula is C19H23N3OS2. The maximum absolute atomic E-state index is 12.4. The fourth-order valence-electron chi connectivity index (χ4n) is 2.68. The van der Waals surface area contributed by atoms with Crippen LogP contribution in [0.25, 0.3) is 0 Å². The molecule has 0 saturated heterocycles. The zero-order chi connectivity index (χ0) is 17.6. The van der Waals surface area contributed by atoms with E-state index in [0.29, 0.717) is 18.9 Å². The van der Waals surface area contributed by atoms with Crippen LogP contribution in [0.3, 0.4) is 0 Å². The zero-order valence-corrected chi connectivity index (χ0v) is 16.1. The number of nitrogens with one attached hydrogen (secondary N) is 1. The molecule has 1 N–H and O–H groups in total. The van der Waals surface area contributed by atoms with Crippen molar-refractivity contribution in [2.24, 2.45) is 0 Å². The first-order valence-electron chi connectivity index (χ1n) is 8.49. The van der Waals surface area contributed by atoms with Gasteiger partial charge in [-0.15, -0.1) is 11.3 Å². The summed E-state index contributed by atoms with van der Waals surface area (Å²) in [4.78, 5) is 17.0. The second-order valence-electron chi connectivity index (χ2n) is 6.33. The maximum Gasteiger partial charge on any atom is 0.222 e. The molecular weight excluding hydrogens is 350 g/mol. The van der Waals surface area contributed by atoms with Gasteiger partial charge in [0.15, 0.2) is 0 Å². The highest BCUT2D eigenvalue weighted by atomic mass is 32.1. The predicted molar refractivity (Wildman–Crippen MR) is 104 cm³/mol. The molecule has 0 bridgehead atoms. The molecule has 0 aromatic carbocycles. The smallest absolute Gasteiger partial charge is 0.222 e. The second-order valence-corrected chi connectivity index (χ2v) is 8.05. The molecule has 25 heavy (non-hydrogen) atoms. The summed E-state index contributed by atoms with van der Waals surface area (Å²) in [5.74, 6) is 0.526. The molecule has 0 aliphatic rings. The molecule has 3 aromatic rings. The molecule has 0 fully saturated rings. The molecule has 0 aliphatic carbocycles. The number of nitrogens with zero attached hydrogens (tertiary/aromatic N) is 2. The van der Waals surface area contributed by atoms with Crippen molar-refractivity contribution in [2.75, 3.05) is 6.54 Å². The fraction of sp³-hybridized carbons (Fsp3) is 0.368. The van der Waals surface area contributed by atoms with E-state index in [1.165, 1.54) is 5.56 Å². The minimum atomic E-state index is 0.0497. The van der Waals surface area contributed by atoms with Crippen LogP contribution < -0.4 is 5.32 Å². The van der Waals surface area contributed by atoms with Crippen LogP contribution in [-0.4, -0.2) is 22.0 Å². The highest BCUT2D eigenvalue weighted by molar-refractivity contribution is 7.09.